The van der Waals surface area contributed by atoms with Crippen LogP contribution in [-0.4, -0.2) is 42.2 Å². The molecule has 2 N–H and O–H groups in total. The van der Waals surface area contributed by atoms with Crippen LogP contribution in [0.5, 0.6) is 0 Å². The Hall–Kier alpha value is -0.810. The van der Waals surface area contributed by atoms with E-state index in [1.165, 1.54) is 0 Å². The molecule has 4 nitrogen and oxygen atoms in total. The second-order valence-electron chi connectivity index (χ2n) is 4.55. The minimum absolute atomic E-state index is 0.169. The lowest BCUT2D eigenvalue weighted by Gasteiger charge is -2.17. The maximum absolute atomic E-state index is 11.8. The Bertz CT molecular complexity index is 439. The summed E-state index contributed by atoms with van der Waals surface area (Å²) in [6.45, 7) is 2.60. The van der Waals surface area contributed by atoms with Crippen molar-refractivity contribution in [3.63, 3.8) is 0 Å². The standard InChI is InChI=1S/C13H18Cl2N2O2/c1-9(18)5-6-17(2)8-13(19)16-12-7-10(14)3-4-11(12)15/h3-4,7,9,18H,5-6,8H2,1-2H3,(H,16,19). The van der Waals surface area contributed by atoms with E-state index in [1.54, 1.807) is 25.1 Å². The highest BCUT2D eigenvalue weighted by Crippen LogP contribution is 2.25. The Morgan fingerprint density at radius 1 is 1.47 bits per heavy atom. The van der Waals surface area contributed by atoms with E-state index in [0.29, 0.717) is 28.7 Å². The zero-order valence-corrected chi connectivity index (χ0v) is 12.5. The molecule has 0 fully saturated rings. The second-order valence-corrected chi connectivity index (χ2v) is 5.39. The lowest BCUT2D eigenvalue weighted by Crippen LogP contribution is -2.32. The first-order valence-corrected chi connectivity index (χ1v) is 6.75. The van der Waals surface area contributed by atoms with Gasteiger partial charge in [-0.3, -0.25) is 9.69 Å². The summed E-state index contributed by atoms with van der Waals surface area (Å²) in [7, 11) is 1.82. The zero-order valence-electron chi connectivity index (χ0n) is 11.0. The summed E-state index contributed by atoms with van der Waals surface area (Å²) in [4.78, 5) is 13.6. The van der Waals surface area contributed by atoms with Crippen molar-refractivity contribution >= 4 is 34.8 Å². The summed E-state index contributed by atoms with van der Waals surface area (Å²) < 4.78 is 0. The van der Waals surface area contributed by atoms with E-state index < -0.39 is 0 Å². The largest absolute Gasteiger partial charge is 0.393 e. The summed E-state index contributed by atoms with van der Waals surface area (Å²) in [6, 6.07) is 4.91. The predicted octanol–water partition coefficient (Wildman–Crippen LogP) is 2.63. The number of aliphatic hydroxyl groups excluding tert-OH is 1. The fraction of sp³-hybridized carbons (Fsp3) is 0.462. The van der Waals surface area contributed by atoms with Crippen molar-refractivity contribution in [3.8, 4) is 0 Å². The van der Waals surface area contributed by atoms with Gasteiger partial charge in [0.25, 0.3) is 0 Å². The molecule has 6 heteroatoms. The second kappa shape index (κ2) is 7.70. The number of benzene rings is 1. The van der Waals surface area contributed by atoms with Crippen LogP contribution in [0.15, 0.2) is 18.2 Å². The van der Waals surface area contributed by atoms with Crippen molar-refractivity contribution < 1.29 is 9.90 Å². The molecule has 0 saturated heterocycles. The molecule has 106 valence electrons. The van der Waals surface area contributed by atoms with Gasteiger partial charge in [-0.25, -0.2) is 0 Å². The third kappa shape index (κ3) is 6.25. The van der Waals surface area contributed by atoms with Crippen molar-refractivity contribution in [1.82, 2.24) is 4.90 Å². The summed E-state index contributed by atoms with van der Waals surface area (Å²) in [5.41, 5.74) is 0.503. The van der Waals surface area contributed by atoms with E-state index in [4.69, 9.17) is 23.2 Å². The van der Waals surface area contributed by atoms with Gasteiger partial charge < -0.3 is 10.4 Å². The Balaban J connectivity index is 2.48. The molecule has 0 saturated carbocycles. The first kappa shape index (κ1) is 16.2. The average Bonchev–Trinajstić information content (AvgIpc) is 2.31. The van der Waals surface area contributed by atoms with Gasteiger partial charge in [-0.15, -0.1) is 0 Å². The third-order valence-corrected chi connectivity index (χ3v) is 3.11. The van der Waals surface area contributed by atoms with Crippen LogP contribution in [0.2, 0.25) is 10.0 Å². The number of nitrogens with one attached hydrogen (secondary N) is 1. The Kier molecular flexibility index (Phi) is 6.58. The van der Waals surface area contributed by atoms with Crippen LogP contribution in [0.3, 0.4) is 0 Å². The lowest BCUT2D eigenvalue weighted by atomic mass is 10.2. The van der Waals surface area contributed by atoms with Gasteiger partial charge in [0, 0.05) is 11.6 Å². The third-order valence-electron chi connectivity index (χ3n) is 2.54. The number of carbonyl (C=O) groups excluding carboxylic acids is 1. The van der Waals surface area contributed by atoms with Gasteiger partial charge in [0.05, 0.1) is 23.4 Å². The molecular weight excluding hydrogens is 287 g/mol. The molecule has 0 spiro atoms. The quantitative estimate of drug-likeness (QED) is 0.849. The van der Waals surface area contributed by atoms with E-state index in [9.17, 15) is 9.90 Å². The lowest BCUT2D eigenvalue weighted by molar-refractivity contribution is -0.117. The summed E-state index contributed by atoms with van der Waals surface area (Å²) in [5.74, 6) is -0.169. The molecule has 0 aliphatic heterocycles. The number of halogens is 2. The number of anilines is 1. The molecule has 1 aromatic carbocycles. The van der Waals surface area contributed by atoms with Crippen molar-refractivity contribution in [1.29, 1.82) is 0 Å². The van der Waals surface area contributed by atoms with E-state index in [0.717, 1.165) is 0 Å². The Morgan fingerprint density at radius 2 is 2.16 bits per heavy atom. The molecular formula is C13H18Cl2N2O2. The molecule has 0 aromatic heterocycles. The van der Waals surface area contributed by atoms with Crippen molar-refractivity contribution in [2.24, 2.45) is 0 Å². The molecule has 0 heterocycles. The SMILES string of the molecule is CC(O)CCN(C)CC(=O)Nc1cc(Cl)ccc1Cl. The van der Waals surface area contributed by atoms with Crippen LogP contribution in [0.4, 0.5) is 5.69 Å². The fourth-order valence-electron chi connectivity index (χ4n) is 1.51. The number of amides is 1. The maximum Gasteiger partial charge on any atom is 0.238 e. The molecule has 1 rings (SSSR count). The van der Waals surface area contributed by atoms with Crippen LogP contribution in [0.1, 0.15) is 13.3 Å². The van der Waals surface area contributed by atoms with Gasteiger partial charge >= 0.3 is 0 Å². The fourth-order valence-corrected chi connectivity index (χ4v) is 1.85. The van der Waals surface area contributed by atoms with Crippen LogP contribution in [-0.2, 0) is 4.79 Å². The number of hydrogen-bond donors (Lipinski definition) is 2. The molecule has 1 atom stereocenters. The van der Waals surface area contributed by atoms with Crippen LogP contribution >= 0.6 is 23.2 Å². The normalized spacial score (nSPS) is 12.5. The number of carbonyl (C=O) groups is 1. The predicted molar refractivity (Wildman–Crippen MR) is 78.9 cm³/mol. The van der Waals surface area contributed by atoms with E-state index in [2.05, 4.69) is 5.32 Å². The number of rotatable bonds is 6. The van der Waals surface area contributed by atoms with Crippen LogP contribution in [0, 0.1) is 0 Å². The first-order valence-electron chi connectivity index (χ1n) is 6.00. The average molecular weight is 305 g/mol. The number of likely N-dealkylation sites (N-methyl/N-ethyl adjacent to an activating group) is 1. The molecule has 0 aliphatic carbocycles. The molecule has 1 amide bonds. The minimum Gasteiger partial charge on any atom is -0.393 e. The summed E-state index contributed by atoms with van der Waals surface area (Å²) >= 11 is 11.8. The van der Waals surface area contributed by atoms with Crippen molar-refractivity contribution in [2.45, 2.75) is 19.4 Å². The zero-order chi connectivity index (χ0) is 14.4. The molecule has 0 radical (unpaired) electrons. The highest BCUT2D eigenvalue weighted by atomic mass is 35.5. The van der Waals surface area contributed by atoms with Crippen LogP contribution in [0.25, 0.3) is 0 Å². The van der Waals surface area contributed by atoms with Gasteiger partial charge in [0.1, 0.15) is 0 Å². The highest BCUT2D eigenvalue weighted by molar-refractivity contribution is 6.35. The van der Waals surface area contributed by atoms with Gasteiger partial charge in [-0.2, -0.15) is 0 Å². The van der Waals surface area contributed by atoms with Gasteiger partial charge in [-0.05, 0) is 38.6 Å². The van der Waals surface area contributed by atoms with Gasteiger partial charge in [0.15, 0.2) is 0 Å². The monoisotopic (exact) mass is 304 g/mol. The van der Waals surface area contributed by atoms with E-state index in [1.807, 2.05) is 11.9 Å². The smallest absolute Gasteiger partial charge is 0.238 e. The highest BCUT2D eigenvalue weighted by Gasteiger charge is 2.10. The van der Waals surface area contributed by atoms with Crippen LogP contribution < -0.4 is 5.32 Å². The maximum atomic E-state index is 11.8. The molecule has 0 aliphatic rings. The number of nitrogens with zero attached hydrogens (tertiary/aromatic N) is 1. The molecule has 1 unspecified atom stereocenters. The first-order chi connectivity index (χ1) is 8.88. The van der Waals surface area contributed by atoms with Gasteiger partial charge in [0.2, 0.25) is 5.91 Å². The van der Waals surface area contributed by atoms with Crippen molar-refractivity contribution in [2.75, 3.05) is 25.5 Å². The number of aliphatic hydroxyl groups is 1. The van der Waals surface area contributed by atoms with Crippen molar-refractivity contribution in [3.05, 3.63) is 28.2 Å². The minimum atomic E-state index is -0.368. The Morgan fingerprint density at radius 3 is 2.79 bits per heavy atom. The summed E-state index contributed by atoms with van der Waals surface area (Å²) in [6.07, 6.45) is 0.259. The molecule has 1 aromatic rings. The molecule has 19 heavy (non-hydrogen) atoms. The Labute approximate surface area is 123 Å². The topological polar surface area (TPSA) is 52.6 Å². The molecule has 0 bridgehead atoms. The van der Waals surface area contributed by atoms with Gasteiger partial charge in [-0.1, -0.05) is 23.2 Å². The summed E-state index contributed by atoms with van der Waals surface area (Å²) in [5, 5.41) is 12.9. The van der Waals surface area contributed by atoms with E-state index >= 15 is 0 Å². The van der Waals surface area contributed by atoms with E-state index in [-0.39, 0.29) is 18.6 Å². The number of hydrogen-bond acceptors (Lipinski definition) is 3.